The molecule has 2 rings (SSSR count). The summed E-state index contributed by atoms with van der Waals surface area (Å²) in [5, 5.41) is 0. The number of hydrogen-bond donors (Lipinski definition) is 1. The molecule has 1 aromatic rings. The van der Waals surface area contributed by atoms with Crippen LogP contribution in [0.4, 0.5) is 10.1 Å². The molecule has 0 amide bonds. The smallest absolute Gasteiger partial charge is 0.123 e. The SMILES string of the molecule is CC1CN(c2ccc(F)cc2C(C)N)CCO1. The number of benzene rings is 1. The predicted molar refractivity (Wildman–Crippen MR) is 66.6 cm³/mol. The molecule has 2 N–H and O–H groups in total. The van der Waals surface area contributed by atoms with E-state index >= 15 is 0 Å². The first kappa shape index (κ1) is 12.3. The third-order valence-electron chi connectivity index (χ3n) is 3.06. The van der Waals surface area contributed by atoms with Crippen molar-refractivity contribution in [3.63, 3.8) is 0 Å². The van der Waals surface area contributed by atoms with Crippen LogP contribution in [0.1, 0.15) is 25.5 Å². The molecule has 0 aliphatic carbocycles. The molecule has 0 aromatic heterocycles. The zero-order chi connectivity index (χ0) is 12.4. The molecule has 2 unspecified atom stereocenters. The van der Waals surface area contributed by atoms with E-state index in [2.05, 4.69) is 4.90 Å². The number of hydrogen-bond acceptors (Lipinski definition) is 3. The third-order valence-corrected chi connectivity index (χ3v) is 3.06. The van der Waals surface area contributed by atoms with Gasteiger partial charge in [0.2, 0.25) is 0 Å². The Morgan fingerprint density at radius 1 is 1.53 bits per heavy atom. The van der Waals surface area contributed by atoms with Crippen molar-refractivity contribution in [3.8, 4) is 0 Å². The molecule has 1 saturated heterocycles. The monoisotopic (exact) mass is 238 g/mol. The molecule has 17 heavy (non-hydrogen) atoms. The van der Waals surface area contributed by atoms with Gasteiger partial charge < -0.3 is 15.4 Å². The van der Waals surface area contributed by atoms with E-state index in [0.29, 0.717) is 6.61 Å². The fourth-order valence-corrected chi connectivity index (χ4v) is 2.22. The van der Waals surface area contributed by atoms with Gasteiger partial charge in [0.1, 0.15) is 5.82 Å². The maximum Gasteiger partial charge on any atom is 0.123 e. The van der Waals surface area contributed by atoms with Crippen molar-refractivity contribution in [1.82, 2.24) is 0 Å². The Labute approximate surface area is 101 Å². The summed E-state index contributed by atoms with van der Waals surface area (Å²) in [5.41, 5.74) is 7.79. The second kappa shape index (κ2) is 5.02. The van der Waals surface area contributed by atoms with Crippen molar-refractivity contribution in [2.45, 2.75) is 26.0 Å². The van der Waals surface area contributed by atoms with Gasteiger partial charge in [0.15, 0.2) is 0 Å². The summed E-state index contributed by atoms with van der Waals surface area (Å²) >= 11 is 0. The van der Waals surface area contributed by atoms with E-state index in [4.69, 9.17) is 10.5 Å². The summed E-state index contributed by atoms with van der Waals surface area (Å²) in [4.78, 5) is 2.21. The predicted octanol–water partition coefficient (Wildman–Crippen LogP) is 2.07. The van der Waals surface area contributed by atoms with Gasteiger partial charge in [-0.3, -0.25) is 0 Å². The van der Waals surface area contributed by atoms with Gasteiger partial charge in [-0.1, -0.05) is 0 Å². The molecule has 1 fully saturated rings. The minimum Gasteiger partial charge on any atom is -0.375 e. The van der Waals surface area contributed by atoms with Crippen LogP contribution in [-0.4, -0.2) is 25.8 Å². The summed E-state index contributed by atoms with van der Waals surface area (Å²) in [6, 6.07) is 4.66. The van der Waals surface area contributed by atoms with Crippen LogP contribution in [0.25, 0.3) is 0 Å². The van der Waals surface area contributed by atoms with Gasteiger partial charge in [-0.2, -0.15) is 0 Å². The number of ether oxygens (including phenoxy) is 1. The number of nitrogens with zero attached hydrogens (tertiary/aromatic N) is 1. The Hall–Kier alpha value is -1.13. The van der Waals surface area contributed by atoms with Crippen molar-refractivity contribution < 1.29 is 9.13 Å². The fourth-order valence-electron chi connectivity index (χ4n) is 2.22. The molecule has 0 spiro atoms. The van der Waals surface area contributed by atoms with Crippen LogP contribution in [0.2, 0.25) is 0 Å². The lowest BCUT2D eigenvalue weighted by Crippen LogP contribution is -2.41. The summed E-state index contributed by atoms with van der Waals surface area (Å²) in [6.45, 7) is 6.28. The quantitative estimate of drug-likeness (QED) is 0.857. The Bertz CT molecular complexity index is 395. The maximum atomic E-state index is 13.3. The molecule has 1 aliphatic rings. The third kappa shape index (κ3) is 2.76. The molecule has 0 radical (unpaired) electrons. The molecule has 1 aromatic carbocycles. The van der Waals surface area contributed by atoms with Crippen LogP contribution in [0.15, 0.2) is 18.2 Å². The van der Waals surface area contributed by atoms with Crippen molar-refractivity contribution in [1.29, 1.82) is 0 Å². The van der Waals surface area contributed by atoms with E-state index in [9.17, 15) is 4.39 Å². The zero-order valence-corrected chi connectivity index (χ0v) is 10.3. The molecule has 2 atom stereocenters. The topological polar surface area (TPSA) is 38.5 Å². The van der Waals surface area contributed by atoms with E-state index in [1.807, 2.05) is 19.9 Å². The van der Waals surface area contributed by atoms with Crippen LogP contribution in [0.5, 0.6) is 0 Å². The van der Waals surface area contributed by atoms with Gasteiger partial charge in [-0.25, -0.2) is 4.39 Å². The second-order valence-corrected chi connectivity index (χ2v) is 4.62. The summed E-state index contributed by atoms with van der Waals surface area (Å²) in [5.74, 6) is -0.234. The molecule has 0 bridgehead atoms. The molecule has 94 valence electrons. The van der Waals surface area contributed by atoms with Crippen LogP contribution < -0.4 is 10.6 Å². The minimum absolute atomic E-state index is 0.168. The molecule has 3 nitrogen and oxygen atoms in total. The van der Waals surface area contributed by atoms with Crippen LogP contribution in [0, 0.1) is 5.82 Å². The molecular formula is C13H19FN2O. The van der Waals surface area contributed by atoms with Crippen molar-refractivity contribution >= 4 is 5.69 Å². The Kier molecular flexibility index (Phi) is 3.64. The highest BCUT2D eigenvalue weighted by atomic mass is 19.1. The Morgan fingerprint density at radius 3 is 2.94 bits per heavy atom. The van der Waals surface area contributed by atoms with E-state index < -0.39 is 0 Å². The van der Waals surface area contributed by atoms with Crippen molar-refractivity contribution in [2.24, 2.45) is 5.73 Å². The lowest BCUT2D eigenvalue weighted by molar-refractivity contribution is 0.0531. The number of rotatable bonds is 2. The first-order valence-electron chi connectivity index (χ1n) is 5.99. The van der Waals surface area contributed by atoms with Gasteiger partial charge in [0.25, 0.3) is 0 Å². The lowest BCUT2D eigenvalue weighted by atomic mass is 10.0. The highest BCUT2D eigenvalue weighted by Crippen LogP contribution is 2.27. The van der Waals surface area contributed by atoms with E-state index in [-0.39, 0.29) is 18.0 Å². The van der Waals surface area contributed by atoms with Gasteiger partial charge in [0, 0.05) is 24.8 Å². The van der Waals surface area contributed by atoms with Crippen LogP contribution >= 0.6 is 0 Å². The first-order chi connectivity index (χ1) is 8.08. The largest absolute Gasteiger partial charge is 0.375 e. The molecule has 4 heteroatoms. The normalized spacial score (nSPS) is 22.6. The van der Waals surface area contributed by atoms with Crippen LogP contribution in [0.3, 0.4) is 0 Å². The second-order valence-electron chi connectivity index (χ2n) is 4.62. The maximum absolute atomic E-state index is 13.3. The Morgan fingerprint density at radius 2 is 2.29 bits per heavy atom. The minimum atomic E-state index is -0.234. The van der Waals surface area contributed by atoms with Gasteiger partial charge in [-0.15, -0.1) is 0 Å². The highest BCUT2D eigenvalue weighted by Gasteiger charge is 2.20. The number of nitrogens with two attached hydrogens (primary N) is 1. The molecule has 1 aliphatic heterocycles. The van der Waals surface area contributed by atoms with E-state index in [1.165, 1.54) is 12.1 Å². The summed E-state index contributed by atoms with van der Waals surface area (Å²) < 4.78 is 18.8. The average Bonchev–Trinajstić information content (AvgIpc) is 2.28. The molecule has 0 saturated carbocycles. The van der Waals surface area contributed by atoms with E-state index in [1.54, 1.807) is 0 Å². The van der Waals surface area contributed by atoms with E-state index in [0.717, 1.165) is 24.3 Å². The summed E-state index contributed by atoms with van der Waals surface area (Å²) in [7, 11) is 0. The van der Waals surface area contributed by atoms with Gasteiger partial charge in [0.05, 0.1) is 12.7 Å². The zero-order valence-electron chi connectivity index (χ0n) is 10.3. The first-order valence-corrected chi connectivity index (χ1v) is 5.99. The van der Waals surface area contributed by atoms with Gasteiger partial charge in [-0.05, 0) is 37.6 Å². The number of anilines is 1. The van der Waals surface area contributed by atoms with Crippen LogP contribution in [-0.2, 0) is 4.74 Å². The summed E-state index contributed by atoms with van der Waals surface area (Å²) in [6.07, 6.45) is 0.203. The molecule has 1 heterocycles. The number of morpholine rings is 1. The number of halogens is 1. The standard InChI is InChI=1S/C13H19FN2O/c1-9-8-16(5-6-17-9)13-4-3-11(14)7-12(13)10(2)15/h3-4,7,9-10H,5-6,8,15H2,1-2H3. The highest BCUT2D eigenvalue weighted by molar-refractivity contribution is 5.55. The van der Waals surface area contributed by atoms with Gasteiger partial charge >= 0.3 is 0 Å². The van der Waals surface area contributed by atoms with Crippen molar-refractivity contribution in [2.75, 3.05) is 24.6 Å². The Balaban J connectivity index is 2.30. The molecular weight excluding hydrogens is 219 g/mol. The lowest BCUT2D eigenvalue weighted by Gasteiger charge is -2.34. The average molecular weight is 238 g/mol. The van der Waals surface area contributed by atoms with Crippen molar-refractivity contribution in [3.05, 3.63) is 29.6 Å². The fraction of sp³-hybridized carbons (Fsp3) is 0.538.